The number of carbonyl (C=O) groups is 1. The van der Waals surface area contributed by atoms with Crippen LogP contribution in [0, 0.1) is 5.92 Å². The van der Waals surface area contributed by atoms with Gasteiger partial charge in [-0.2, -0.15) is 0 Å². The summed E-state index contributed by atoms with van der Waals surface area (Å²) in [7, 11) is -4.64. The van der Waals surface area contributed by atoms with Crippen LogP contribution in [0.1, 0.15) is 19.8 Å². The molecule has 0 saturated carbocycles. The lowest BCUT2D eigenvalue weighted by molar-refractivity contribution is -0.138. The van der Waals surface area contributed by atoms with Crippen molar-refractivity contribution in [3.05, 3.63) is 0 Å². The summed E-state index contributed by atoms with van der Waals surface area (Å²) in [5.74, 6) is -0.639. The van der Waals surface area contributed by atoms with Gasteiger partial charge in [0.25, 0.3) is 0 Å². The molecule has 0 saturated heterocycles. The third-order valence-electron chi connectivity index (χ3n) is 1.63. The topological polar surface area (TPSA) is 167 Å². The highest BCUT2D eigenvalue weighted by atomic mass is 31.2. The van der Waals surface area contributed by atoms with Gasteiger partial charge in [-0.15, -0.1) is 0 Å². The van der Waals surface area contributed by atoms with Gasteiger partial charge in [-0.3, -0.25) is 4.79 Å². The van der Waals surface area contributed by atoms with E-state index in [2.05, 4.69) is 0 Å². The minimum absolute atomic E-state index is 0.297. The highest BCUT2D eigenvalue weighted by Crippen LogP contribution is 2.25. The molecule has 0 aromatic rings. The number of hydrogen-bond donors (Lipinski definition) is 6. The molecule has 0 aromatic carbocycles. The first-order chi connectivity index (χ1) is 7.07. The summed E-state index contributed by atoms with van der Waals surface area (Å²) in [4.78, 5) is 31.8. The minimum atomic E-state index is -4.64. The van der Waals surface area contributed by atoms with Gasteiger partial charge in [0, 0.05) is 0 Å². The number of carboxylic acids is 1. The van der Waals surface area contributed by atoms with Gasteiger partial charge in [0.1, 0.15) is 6.04 Å². The van der Waals surface area contributed by atoms with E-state index in [4.69, 9.17) is 35.8 Å². The molecule has 0 fully saturated rings. The summed E-state index contributed by atoms with van der Waals surface area (Å²) in [6, 6.07) is -0.739. The van der Waals surface area contributed by atoms with Crippen LogP contribution in [0.3, 0.4) is 0 Å². The molecule has 8 nitrogen and oxygen atoms in total. The smallest absolute Gasteiger partial charge is 0.466 e. The Morgan fingerprint density at radius 3 is 2.00 bits per heavy atom. The standard InChI is InChI=1S/C7H16N2O2.H3O4P/c1-5(2-3-8)4-6(9)7(10)11;1-5(2,3)4/h5-6H,2-4,8-9H2,1H3,(H,10,11);(H3,1,2,3,4)/t5?,6-;/m0./s1. The largest absolute Gasteiger partial charge is 0.480 e. The van der Waals surface area contributed by atoms with E-state index in [1.807, 2.05) is 6.92 Å². The molecule has 2 atom stereocenters. The van der Waals surface area contributed by atoms with Gasteiger partial charge in [-0.25, -0.2) is 4.57 Å². The Kier molecular flexibility index (Phi) is 9.64. The second kappa shape index (κ2) is 8.63. The van der Waals surface area contributed by atoms with Crippen LogP contribution >= 0.6 is 7.82 Å². The molecule has 9 heteroatoms. The van der Waals surface area contributed by atoms with Crippen molar-refractivity contribution in [2.75, 3.05) is 6.54 Å². The summed E-state index contributed by atoms with van der Waals surface area (Å²) < 4.78 is 8.88. The third kappa shape index (κ3) is 19.1. The number of phosphoric acid groups is 1. The Balaban J connectivity index is 0. The van der Waals surface area contributed by atoms with Crippen molar-refractivity contribution in [1.82, 2.24) is 0 Å². The van der Waals surface area contributed by atoms with E-state index >= 15 is 0 Å². The summed E-state index contributed by atoms with van der Waals surface area (Å²) in [5.41, 5.74) is 10.6. The number of aliphatic carboxylic acids is 1. The number of nitrogens with two attached hydrogens (primary N) is 2. The van der Waals surface area contributed by atoms with Crippen LogP contribution in [-0.2, 0) is 9.36 Å². The minimum Gasteiger partial charge on any atom is -0.480 e. The fourth-order valence-electron chi connectivity index (χ4n) is 0.937. The average Bonchev–Trinajstić information content (AvgIpc) is 2.00. The summed E-state index contributed by atoms with van der Waals surface area (Å²) in [5, 5.41) is 8.44. The Hall–Kier alpha value is -0.500. The van der Waals surface area contributed by atoms with Crippen LogP contribution in [0.4, 0.5) is 0 Å². The van der Waals surface area contributed by atoms with Crippen LogP contribution in [0.25, 0.3) is 0 Å². The van der Waals surface area contributed by atoms with Crippen molar-refractivity contribution in [3.63, 3.8) is 0 Å². The molecule has 0 rings (SSSR count). The molecular formula is C7H19N2O6P. The number of rotatable bonds is 5. The zero-order valence-electron chi connectivity index (χ0n) is 8.98. The van der Waals surface area contributed by atoms with Gasteiger partial charge >= 0.3 is 13.8 Å². The fraction of sp³-hybridized carbons (Fsp3) is 0.857. The third-order valence-corrected chi connectivity index (χ3v) is 1.63. The zero-order chi connectivity index (χ0) is 13.4. The van der Waals surface area contributed by atoms with Crippen molar-refractivity contribution in [1.29, 1.82) is 0 Å². The lowest BCUT2D eigenvalue weighted by Gasteiger charge is -2.12. The molecular weight excluding hydrogens is 239 g/mol. The van der Waals surface area contributed by atoms with E-state index in [1.165, 1.54) is 0 Å². The predicted octanol–water partition coefficient (Wildman–Crippen LogP) is -1.16. The average molecular weight is 258 g/mol. The molecule has 0 radical (unpaired) electrons. The van der Waals surface area contributed by atoms with Crippen LogP contribution in [0.5, 0.6) is 0 Å². The lowest BCUT2D eigenvalue weighted by Crippen LogP contribution is -2.32. The molecule has 0 amide bonds. The Morgan fingerprint density at radius 2 is 1.75 bits per heavy atom. The molecule has 16 heavy (non-hydrogen) atoms. The Bertz CT molecular complexity index is 235. The van der Waals surface area contributed by atoms with E-state index in [-0.39, 0.29) is 0 Å². The summed E-state index contributed by atoms with van der Waals surface area (Å²) in [6.07, 6.45) is 1.34. The maximum atomic E-state index is 10.3. The molecule has 0 aromatic heterocycles. The SMILES string of the molecule is CC(CCN)C[C@H](N)C(=O)O.O=P(O)(O)O. The second-order valence-corrected chi connectivity index (χ2v) is 4.40. The molecule has 0 heterocycles. The van der Waals surface area contributed by atoms with E-state index < -0.39 is 19.8 Å². The number of hydrogen-bond acceptors (Lipinski definition) is 4. The quantitative estimate of drug-likeness (QED) is 0.336. The van der Waals surface area contributed by atoms with Crippen molar-refractivity contribution in [2.45, 2.75) is 25.8 Å². The maximum absolute atomic E-state index is 10.3. The van der Waals surface area contributed by atoms with Gasteiger partial charge in [0.2, 0.25) is 0 Å². The second-order valence-electron chi connectivity index (χ2n) is 3.38. The van der Waals surface area contributed by atoms with E-state index in [1.54, 1.807) is 0 Å². The lowest BCUT2D eigenvalue weighted by atomic mass is 9.99. The Labute approximate surface area is 93.5 Å². The first-order valence-electron chi connectivity index (χ1n) is 4.54. The van der Waals surface area contributed by atoms with Gasteiger partial charge < -0.3 is 31.3 Å². The van der Waals surface area contributed by atoms with Crippen LogP contribution < -0.4 is 11.5 Å². The number of carboxylic acid groups (broad SMARTS) is 1. The van der Waals surface area contributed by atoms with E-state index in [9.17, 15) is 4.79 Å². The normalized spacial score (nSPS) is 14.6. The van der Waals surface area contributed by atoms with Crippen molar-refractivity contribution in [3.8, 4) is 0 Å². The first-order valence-corrected chi connectivity index (χ1v) is 6.11. The molecule has 8 N–H and O–H groups in total. The molecule has 1 unspecified atom stereocenters. The molecule has 0 aliphatic carbocycles. The molecule has 0 bridgehead atoms. The van der Waals surface area contributed by atoms with E-state index in [0.717, 1.165) is 6.42 Å². The Morgan fingerprint density at radius 1 is 1.38 bits per heavy atom. The van der Waals surface area contributed by atoms with Crippen LogP contribution in [0.15, 0.2) is 0 Å². The van der Waals surface area contributed by atoms with E-state index in [0.29, 0.717) is 18.9 Å². The van der Waals surface area contributed by atoms with Crippen LogP contribution in [-0.4, -0.2) is 38.3 Å². The summed E-state index contributed by atoms with van der Waals surface area (Å²) in [6.45, 7) is 2.54. The maximum Gasteiger partial charge on any atom is 0.466 e. The highest BCUT2D eigenvalue weighted by molar-refractivity contribution is 7.45. The van der Waals surface area contributed by atoms with Crippen molar-refractivity contribution >= 4 is 13.8 Å². The fourth-order valence-corrected chi connectivity index (χ4v) is 0.937. The van der Waals surface area contributed by atoms with Gasteiger partial charge in [0.05, 0.1) is 0 Å². The van der Waals surface area contributed by atoms with Gasteiger partial charge in [0.15, 0.2) is 0 Å². The predicted molar refractivity (Wildman–Crippen MR) is 57.3 cm³/mol. The van der Waals surface area contributed by atoms with Gasteiger partial charge in [-0.1, -0.05) is 6.92 Å². The first kappa shape index (κ1) is 17.9. The zero-order valence-corrected chi connectivity index (χ0v) is 9.88. The summed E-state index contributed by atoms with van der Waals surface area (Å²) >= 11 is 0. The monoisotopic (exact) mass is 258 g/mol. The van der Waals surface area contributed by atoms with Crippen molar-refractivity contribution < 1.29 is 29.1 Å². The molecule has 0 spiro atoms. The molecule has 0 aliphatic heterocycles. The molecule has 98 valence electrons. The molecule has 0 aliphatic rings. The van der Waals surface area contributed by atoms with Crippen molar-refractivity contribution in [2.24, 2.45) is 17.4 Å². The highest BCUT2D eigenvalue weighted by Gasteiger charge is 2.14. The van der Waals surface area contributed by atoms with Crippen LogP contribution in [0.2, 0.25) is 0 Å². The van der Waals surface area contributed by atoms with Gasteiger partial charge in [-0.05, 0) is 25.3 Å².